The van der Waals surface area contributed by atoms with E-state index in [2.05, 4.69) is 8.37 Å². The van der Waals surface area contributed by atoms with Gasteiger partial charge in [-0.2, -0.15) is 8.42 Å². The van der Waals surface area contributed by atoms with Crippen molar-refractivity contribution < 1.29 is 16.8 Å². The van der Waals surface area contributed by atoms with E-state index in [0.29, 0.717) is 6.42 Å². The Balaban J connectivity index is 0. The Hall–Kier alpha value is -0.170. The van der Waals surface area contributed by atoms with Gasteiger partial charge in [-0.25, -0.2) is 4.18 Å². The predicted octanol–water partition coefficient (Wildman–Crippen LogP) is 1.24. The van der Waals surface area contributed by atoms with Crippen molar-refractivity contribution in [1.82, 2.24) is 6.15 Å². The van der Waals surface area contributed by atoms with E-state index in [1.165, 1.54) is 0 Å². The zero-order valence-corrected chi connectivity index (χ0v) is 8.77. The van der Waals surface area contributed by atoms with Crippen LogP contribution in [0.3, 0.4) is 0 Å². The molecule has 0 aliphatic heterocycles. The molecule has 0 spiro atoms. The van der Waals surface area contributed by atoms with E-state index in [4.69, 9.17) is 0 Å². The van der Waals surface area contributed by atoms with Crippen molar-refractivity contribution in [2.45, 2.75) is 32.8 Å². The molecule has 0 aromatic heterocycles. The molecule has 0 bridgehead atoms. The van der Waals surface area contributed by atoms with Crippen molar-refractivity contribution in [2.75, 3.05) is 7.11 Å². The van der Waals surface area contributed by atoms with Crippen molar-refractivity contribution >= 4 is 10.4 Å². The molecule has 0 rings (SSSR count). The molecule has 0 aromatic rings. The summed E-state index contributed by atoms with van der Waals surface area (Å²) < 4.78 is 30.3. The van der Waals surface area contributed by atoms with Crippen molar-refractivity contribution in [1.29, 1.82) is 0 Å². The van der Waals surface area contributed by atoms with E-state index >= 15 is 0 Å². The molecular weight excluding hydrogens is 182 g/mol. The Bertz CT molecular complexity index is 210. The molecule has 0 atom stereocenters. The van der Waals surface area contributed by atoms with Gasteiger partial charge in [-0.15, -0.1) is 0 Å². The van der Waals surface area contributed by atoms with E-state index < -0.39 is 16.0 Å². The molecule has 0 unspecified atom stereocenters. The molecular formula is C6H17NO4S. The molecule has 3 N–H and O–H groups in total. The summed E-state index contributed by atoms with van der Waals surface area (Å²) in [4.78, 5) is 0. The highest BCUT2D eigenvalue weighted by Gasteiger charge is 2.24. The maximum atomic E-state index is 10.7. The number of hydrogen-bond donors (Lipinski definition) is 1. The molecule has 0 radical (unpaired) electrons. The van der Waals surface area contributed by atoms with Gasteiger partial charge in [0.25, 0.3) is 0 Å². The van der Waals surface area contributed by atoms with Gasteiger partial charge in [-0.3, -0.25) is 4.18 Å². The summed E-state index contributed by atoms with van der Waals surface area (Å²) in [5.41, 5.74) is -0.686. The summed E-state index contributed by atoms with van der Waals surface area (Å²) in [6, 6.07) is 0. The average molecular weight is 199 g/mol. The van der Waals surface area contributed by atoms with Gasteiger partial charge in [0.15, 0.2) is 0 Å². The Morgan fingerprint density at radius 3 is 2.00 bits per heavy atom. The number of hydrogen-bond acceptors (Lipinski definition) is 5. The van der Waals surface area contributed by atoms with Crippen molar-refractivity contribution in [3.63, 3.8) is 0 Å². The standard InChI is InChI=1S/C6H14O4S.H3N/c1-5-6(2,3)10-11(7,8)9-4;/h5H2,1-4H3;1H3. The zero-order valence-electron chi connectivity index (χ0n) is 7.96. The first kappa shape index (κ1) is 14.4. The quantitative estimate of drug-likeness (QED) is 0.736. The summed E-state index contributed by atoms with van der Waals surface area (Å²) in [6.07, 6.45) is 0.607. The van der Waals surface area contributed by atoms with Gasteiger partial charge in [0.1, 0.15) is 0 Å². The minimum Gasteiger partial charge on any atom is -0.344 e. The Morgan fingerprint density at radius 2 is 1.75 bits per heavy atom. The second-order valence-corrected chi connectivity index (χ2v) is 4.09. The fourth-order valence-corrected chi connectivity index (χ4v) is 1.11. The highest BCUT2D eigenvalue weighted by molar-refractivity contribution is 7.81. The highest BCUT2D eigenvalue weighted by Crippen LogP contribution is 2.16. The van der Waals surface area contributed by atoms with Crippen LogP contribution in [0.1, 0.15) is 27.2 Å². The Morgan fingerprint density at radius 1 is 1.33 bits per heavy atom. The molecule has 12 heavy (non-hydrogen) atoms. The highest BCUT2D eigenvalue weighted by atomic mass is 32.3. The zero-order chi connectivity index (χ0) is 9.12. The van der Waals surface area contributed by atoms with Crippen LogP contribution < -0.4 is 6.15 Å². The molecule has 0 aliphatic rings. The molecule has 0 fully saturated rings. The maximum absolute atomic E-state index is 10.7. The van der Waals surface area contributed by atoms with Crippen LogP contribution in [0.4, 0.5) is 0 Å². The van der Waals surface area contributed by atoms with Gasteiger partial charge in [-0.05, 0) is 20.3 Å². The van der Waals surface area contributed by atoms with Gasteiger partial charge in [-0.1, -0.05) is 6.92 Å². The van der Waals surface area contributed by atoms with Gasteiger partial charge < -0.3 is 6.15 Å². The van der Waals surface area contributed by atoms with Crippen LogP contribution in [-0.4, -0.2) is 21.1 Å². The average Bonchev–Trinajstić information content (AvgIpc) is 1.86. The van der Waals surface area contributed by atoms with Crippen LogP contribution in [0.25, 0.3) is 0 Å². The van der Waals surface area contributed by atoms with Gasteiger partial charge in [0, 0.05) is 0 Å². The first-order chi connectivity index (χ1) is 4.83. The van der Waals surface area contributed by atoms with Crippen molar-refractivity contribution in [2.24, 2.45) is 0 Å². The molecule has 6 heteroatoms. The second-order valence-electron chi connectivity index (χ2n) is 2.77. The molecule has 0 amide bonds. The lowest BCUT2D eigenvalue weighted by Crippen LogP contribution is -2.27. The summed E-state index contributed by atoms with van der Waals surface area (Å²) in [5, 5.41) is 0. The van der Waals surface area contributed by atoms with Crippen molar-refractivity contribution in [3.05, 3.63) is 0 Å². The lowest BCUT2D eigenvalue weighted by molar-refractivity contribution is 0.0897. The lowest BCUT2D eigenvalue weighted by atomic mass is 10.1. The summed E-state index contributed by atoms with van der Waals surface area (Å²) in [7, 11) is -2.72. The third-order valence-electron chi connectivity index (χ3n) is 1.38. The predicted molar refractivity (Wildman–Crippen MR) is 46.4 cm³/mol. The molecule has 0 saturated carbocycles. The first-order valence-electron chi connectivity index (χ1n) is 3.34. The van der Waals surface area contributed by atoms with Gasteiger partial charge in [0.2, 0.25) is 0 Å². The third-order valence-corrected chi connectivity index (χ3v) is 2.45. The van der Waals surface area contributed by atoms with Crippen LogP contribution >= 0.6 is 0 Å². The fraction of sp³-hybridized carbons (Fsp3) is 1.00. The van der Waals surface area contributed by atoms with Crippen LogP contribution in [0.5, 0.6) is 0 Å². The minimum atomic E-state index is -3.79. The van der Waals surface area contributed by atoms with E-state index in [1.807, 2.05) is 6.92 Å². The molecule has 0 saturated heterocycles. The van der Waals surface area contributed by atoms with E-state index in [9.17, 15) is 8.42 Å². The second kappa shape index (κ2) is 4.76. The van der Waals surface area contributed by atoms with Gasteiger partial charge in [0.05, 0.1) is 12.7 Å². The first-order valence-corrected chi connectivity index (χ1v) is 4.67. The summed E-state index contributed by atoms with van der Waals surface area (Å²) >= 11 is 0. The molecule has 0 aromatic carbocycles. The largest absolute Gasteiger partial charge is 0.400 e. The van der Waals surface area contributed by atoms with Crippen LogP contribution in [-0.2, 0) is 18.8 Å². The SMILES string of the molecule is CCC(C)(C)OS(=O)(=O)OC.N. The molecule has 0 heterocycles. The van der Waals surface area contributed by atoms with E-state index in [0.717, 1.165) is 7.11 Å². The van der Waals surface area contributed by atoms with Crippen LogP contribution in [0, 0.1) is 0 Å². The van der Waals surface area contributed by atoms with Crippen molar-refractivity contribution in [3.8, 4) is 0 Å². The normalized spacial score (nSPS) is 12.3. The van der Waals surface area contributed by atoms with Gasteiger partial charge >= 0.3 is 10.4 Å². The third kappa shape index (κ3) is 5.48. The molecule has 5 nitrogen and oxygen atoms in total. The topological polar surface area (TPSA) is 87.6 Å². The molecule has 0 aliphatic carbocycles. The number of rotatable bonds is 4. The maximum Gasteiger partial charge on any atom is 0.400 e. The minimum absolute atomic E-state index is 0. The van der Waals surface area contributed by atoms with E-state index in [1.54, 1.807) is 13.8 Å². The Labute approximate surface area is 74.0 Å². The summed E-state index contributed by atoms with van der Waals surface area (Å²) in [6.45, 7) is 5.21. The fourth-order valence-electron chi connectivity index (χ4n) is 0.369. The monoisotopic (exact) mass is 199 g/mol. The van der Waals surface area contributed by atoms with Crippen LogP contribution in [0.2, 0.25) is 0 Å². The van der Waals surface area contributed by atoms with E-state index in [-0.39, 0.29) is 6.15 Å². The smallest absolute Gasteiger partial charge is 0.344 e. The molecule has 76 valence electrons. The van der Waals surface area contributed by atoms with Crippen LogP contribution in [0.15, 0.2) is 0 Å². The summed E-state index contributed by atoms with van der Waals surface area (Å²) in [5.74, 6) is 0. The lowest BCUT2D eigenvalue weighted by Gasteiger charge is -2.20. The Kier molecular flexibility index (Phi) is 5.69.